The Morgan fingerprint density at radius 1 is 0.711 bits per heavy atom. The molecule has 0 radical (unpaired) electrons. The van der Waals surface area contributed by atoms with Gasteiger partial charge in [0.2, 0.25) is 5.75 Å². The van der Waals surface area contributed by atoms with Crippen molar-refractivity contribution in [3.8, 4) is 23.0 Å². The zero-order chi connectivity index (χ0) is 32.3. The van der Waals surface area contributed by atoms with Crippen LogP contribution in [0, 0.1) is 0 Å². The van der Waals surface area contributed by atoms with Crippen molar-refractivity contribution in [1.29, 1.82) is 0 Å². The SMILES string of the molecule is COc1cc(C(=O)Nc2ccc(C(=O)N/N=C/c3cc(Cl)ccc3OC(=O)/C=C/c3ccc(Cl)cc3)cc2)cc(OC)c1OC. The van der Waals surface area contributed by atoms with Crippen molar-refractivity contribution in [2.24, 2.45) is 5.10 Å². The van der Waals surface area contributed by atoms with E-state index in [2.05, 4.69) is 15.8 Å². The molecule has 0 atom stereocenters. The number of halogens is 2. The van der Waals surface area contributed by atoms with Crippen molar-refractivity contribution in [1.82, 2.24) is 5.43 Å². The van der Waals surface area contributed by atoms with Gasteiger partial charge in [0.15, 0.2) is 11.5 Å². The Balaban J connectivity index is 1.37. The number of carbonyl (C=O) groups excluding carboxylic acids is 3. The molecule has 2 N–H and O–H groups in total. The second-order valence-corrected chi connectivity index (χ2v) is 10.0. The lowest BCUT2D eigenvalue weighted by molar-refractivity contribution is -0.128. The fraction of sp³-hybridized carbons (Fsp3) is 0.0909. The minimum absolute atomic E-state index is 0.190. The number of amides is 2. The molecule has 0 aliphatic rings. The molecule has 0 spiro atoms. The molecule has 0 unspecified atom stereocenters. The van der Waals surface area contributed by atoms with Crippen LogP contribution in [0.2, 0.25) is 10.0 Å². The zero-order valence-electron chi connectivity index (χ0n) is 24.3. The van der Waals surface area contributed by atoms with Crippen LogP contribution in [0.15, 0.2) is 90.0 Å². The molecule has 4 aromatic carbocycles. The number of benzene rings is 4. The summed E-state index contributed by atoms with van der Waals surface area (Å²) < 4.78 is 21.3. The molecule has 230 valence electrons. The summed E-state index contributed by atoms with van der Waals surface area (Å²) in [4.78, 5) is 37.9. The third kappa shape index (κ3) is 8.85. The van der Waals surface area contributed by atoms with E-state index in [9.17, 15) is 14.4 Å². The molecule has 10 nitrogen and oxygen atoms in total. The molecule has 45 heavy (non-hydrogen) atoms. The average Bonchev–Trinajstić information content (AvgIpc) is 3.05. The number of ether oxygens (including phenoxy) is 4. The number of hydrazone groups is 1. The first-order chi connectivity index (χ1) is 21.7. The molecule has 0 aromatic heterocycles. The highest BCUT2D eigenvalue weighted by atomic mass is 35.5. The Labute approximate surface area is 269 Å². The van der Waals surface area contributed by atoms with E-state index in [0.29, 0.717) is 38.5 Å². The Morgan fingerprint density at radius 2 is 1.36 bits per heavy atom. The second-order valence-electron chi connectivity index (χ2n) is 9.13. The number of rotatable bonds is 11. The van der Waals surface area contributed by atoms with Crippen LogP contribution in [0.3, 0.4) is 0 Å². The molecular formula is C33H27Cl2N3O7. The number of anilines is 1. The standard InChI is InChI=1S/C33H27Cl2N3O7/c1-42-28-17-22(18-29(43-2)31(28)44-3)32(40)37-26-12-7-21(8-13-26)33(41)38-36-19-23-16-25(35)11-14-27(23)45-30(39)15-6-20-4-9-24(34)10-5-20/h4-19H,1-3H3,(H,37,40)(H,38,41)/b15-6+,36-19+. The number of hydrogen-bond acceptors (Lipinski definition) is 8. The normalized spacial score (nSPS) is 10.9. The van der Waals surface area contributed by atoms with Crippen LogP contribution >= 0.6 is 23.2 Å². The second kappa shape index (κ2) is 15.4. The van der Waals surface area contributed by atoms with E-state index in [-0.39, 0.29) is 16.9 Å². The molecule has 12 heteroatoms. The number of hydrogen-bond donors (Lipinski definition) is 2. The minimum atomic E-state index is -0.622. The molecule has 4 aromatic rings. The van der Waals surface area contributed by atoms with Crippen molar-refractivity contribution in [3.05, 3.63) is 117 Å². The van der Waals surface area contributed by atoms with Gasteiger partial charge in [-0.25, -0.2) is 10.2 Å². The first kappa shape index (κ1) is 32.6. The maximum absolute atomic E-state index is 12.9. The van der Waals surface area contributed by atoms with Gasteiger partial charge in [-0.3, -0.25) is 9.59 Å². The summed E-state index contributed by atoms with van der Waals surface area (Å²) in [5, 5.41) is 7.70. The van der Waals surface area contributed by atoms with Gasteiger partial charge in [-0.2, -0.15) is 5.10 Å². The first-order valence-corrected chi connectivity index (χ1v) is 14.0. The highest BCUT2D eigenvalue weighted by Crippen LogP contribution is 2.38. The van der Waals surface area contributed by atoms with Gasteiger partial charge in [-0.1, -0.05) is 35.3 Å². The van der Waals surface area contributed by atoms with E-state index >= 15 is 0 Å². The van der Waals surface area contributed by atoms with E-state index in [0.717, 1.165) is 5.56 Å². The summed E-state index contributed by atoms with van der Waals surface area (Å²) in [7, 11) is 4.39. The maximum Gasteiger partial charge on any atom is 0.336 e. The summed E-state index contributed by atoms with van der Waals surface area (Å²) in [6, 6.07) is 20.8. The van der Waals surface area contributed by atoms with Gasteiger partial charge in [0.05, 0.1) is 27.5 Å². The monoisotopic (exact) mass is 647 g/mol. The van der Waals surface area contributed by atoms with Crippen LogP contribution in [0.4, 0.5) is 5.69 Å². The fourth-order valence-corrected chi connectivity index (χ4v) is 4.25. The number of nitrogens with zero attached hydrogens (tertiary/aromatic N) is 1. The number of carbonyl (C=O) groups is 3. The van der Waals surface area contributed by atoms with Gasteiger partial charge in [0.1, 0.15) is 5.75 Å². The van der Waals surface area contributed by atoms with Crippen molar-refractivity contribution < 1.29 is 33.3 Å². The Kier molecular flexibility index (Phi) is 11.2. The van der Waals surface area contributed by atoms with Crippen molar-refractivity contribution in [2.45, 2.75) is 0 Å². The van der Waals surface area contributed by atoms with Gasteiger partial charge in [0.25, 0.3) is 11.8 Å². The van der Waals surface area contributed by atoms with Crippen LogP contribution in [0.25, 0.3) is 6.08 Å². The summed E-state index contributed by atoms with van der Waals surface area (Å²) in [6.07, 6.45) is 4.17. The summed E-state index contributed by atoms with van der Waals surface area (Å²) in [6.45, 7) is 0. The average molecular weight is 648 g/mol. The van der Waals surface area contributed by atoms with Gasteiger partial charge < -0.3 is 24.3 Å². The largest absolute Gasteiger partial charge is 0.493 e. The Bertz CT molecular complexity index is 1730. The van der Waals surface area contributed by atoms with Gasteiger partial charge >= 0.3 is 5.97 Å². The molecule has 2 amide bonds. The third-order valence-electron chi connectivity index (χ3n) is 6.17. The Hall–Kier alpha value is -5.32. The molecule has 0 fully saturated rings. The van der Waals surface area contributed by atoms with E-state index in [1.165, 1.54) is 70.0 Å². The highest BCUT2D eigenvalue weighted by Gasteiger charge is 2.17. The van der Waals surface area contributed by atoms with Gasteiger partial charge in [-0.15, -0.1) is 0 Å². The molecule has 0 aliphatic heterocycles. The molecular weight excluding hydrogens is 621 g/mol. The summed E-state index contributed by atoms with van der Waals surface area (Å²) in [5.41, 5.74) is 4.56. The van der Waals surface area contributed by atoms with E-state index in [1.807, 2.05) is 0 Å². The predicted octanol–water partition coefficient (Wildman–Crippen LogP) is 6.65. The predicted molar refractivity (Wildman–Crippen MR) is 173 cm³/mol. The lowest BCUT2D eigenvalue weighted by Crippen LogP contribution is -2.18. The topological polar surface area (TPSA) is 125 Å². The van der Waals surface area contributed by atoms with Crippen LogP contribution in [-0.4, -0.2) is 45.3 Å². The number of nitrogens with one attached hydrogen (secondary N) is 2. The first-order valence-electron chi connectivity index (χ1n) is 13.2. The van der Waals surface area contributed by atoms with E-state index in [1.54, 1.807) is 48.5 Å². The number of methoxy groups -OCH3 is 3. The molecule has 4 rings (SSSR count). The van der Waals surface area contributed by atoms with Crippen LogP contribution < -0.4 is 29.7 Å². The third-order valence-corrected chi connectivity index (χ3v) is 6.65. The van der Waals surface area contributed by atoms with Gasteiger partial charge in [-0.05, 0) is 78.4 Å². The molecule has 0 saturated heterocycles. The zero-order valence-corrected chi connectivity index (χ0v) is 25.8. The summed E-state index contributed by atoms with van der Waals surface area (Å²) in [5.74, 6) is -0.328. The molecule has 0 saturated carbocycles. The minimum Gasteiger partial charge on any atom is -0.493 e. The van der Waals surface area contributed by atoms with Crippen LogP contribution in [0.5, 0.6) is 23.0 Å². The maximum atomic E-state index is 12.9. The van der Waals surface area contributed by atoms with Crippen molar-refractivity contribution >= 4 is 59.0 Å². The quantitative estimate of drug-likeness (QED) is 0.0613. The van der Waals surface area contributed by atoms with Crippen LogP contribution in [0.1, 0.15) is 31.8 Å². The molecule has 0 aliphatic carbocycles. The van der Waals surface area contributed by atoms with Crippen molar-refractivity contribution in [3.63, 3.8) is 0 Å². The lowest BCUT2D eigenvalue weighted by Gasteiger charge is -2.14. The van der Waals surface area contributed by atoms with Crippen LogP contribution in [-0.2, 0) is 4.79 Å². The molecule has 0 bridgehead atoms. The van der Waals surface area contributed by atoms with Gasteiger partial charge in [0, 0.05) is 38.5 Å². The molecule has 0 heterocycles. The lowest BCUT2D eigenvalue weighted by atomic mass is 10.1. The highest BCUT2D eigenvalue weighted by molar-refractivity contribution is 6.31. The smallest absolute Gasteiger partial charge is 0.336 e. The Morgan fingerprint density at radius 3 is 1.98 bits per heavy atom. The number of esters is 1. The van der Waals surface area contributed by atoms with E-state index < -0.39 is 17.8 Å². The summed E-state index contributed by atoms with van der Waals surface area (Å²) >= 11 is 12.0. The van der Waals surface area contributed by atoms with Crippen molar-refractivity contribution in [2.75, 3.05) is 26.6 Å². The fourth-order valence-electron chi connectivity index (χ4n) is 3.94. The van der Waals surface area contributed by atoms with E-state index in [4.69, 9.17) is 42.1 Å².